The second kappa shape index (κ2) is 7.97. The average molecular weight is 369 g/mol. The molecule has 2 aromatic heterocycles. The molecule has 2 heterocycles. The molecule has 0 aliphatic carbocycles. The Morgan fingerprint density at radius 3 is 2.69 bits per heavy atom. The first kappa shape index (κ1) is 17.9. The number of amides is 1. The molecule has 3 rings (SSSR count). The van der Waals surface area contributed by atoms with E-state index in [0.29, 0.717) is 28.6 Å². The number of hydrogen-bond donors (Lipinski definition) is 1. The molecule has 7 heteroatoms. The normalized spacial score (nSPS) is 10.5. The van der Waals surface area contributed by atoms with Crippen LogP contribution in [0, 0.1) is 6.92 Å². The zero-order valence-electron chi connectivity index (χ0n) is 14.6. The Bertz CT molecular complexity index is 899. The maximum absolute atomic E-state index is 12.4. The lowest BCUT2D eigenvalue weighted by Crippen LogP contribution is -2.11. The summed E-state index contributed by atoms with van der Waals surface area (Å²) in [5.74, 6) is -0.578. The van der Waals surface area contributed by atoms with Gasteiger partial charge in [0, 0.05) is 18.0 Å². The number of nitrogens with one attached hydrogen (secondary N) is 1. The second-order valence-corrected chi connectivity index (χ2v) is 6.75. The Balaban J connectivity index is 1.66. The number of esters is 1. The Kier molecular flexibility index (Phi) is 5.48. The molecule has 0 saturated heterocycles. The number of aromatic nitrogens is 2. The largest absolute Gasteiger partial charge is 0.462 e. The number of carbonyl (C=O) groups excluding carboxylic acids is 2. The molecule has 134 valence electrons. The molecule has 0 saturated carbocycles. The number of anilines is 1. The summed E-state index contributed by atoms with van der Waals surface area (Å²) in [5.41, 5.74) is 2.40. The summed E-state index contributed by atoms with van der Waals surface area (Å²) in [7, 11) is 0. The standard InChI is InChI=1S/C19H19N3O3S/c1-3-25-19(24)17-13(2)11-16(26-17)21-18(23)15-7-5-14(6-8-15)12-22-10-4-9-20-22/h4-11H,3,12H2,1-2H3,(H,21,23). The molecule has 1 amide bonds. The molecule has 0 fully saturated rings. The highest BCUT2D eigenvalue weighted by Crippen LogP contribution is 2.27. The molecule has 3 aromatic rings. The zero-order chi connectivity index (χ0) is 18.5. The monoisotopic (exact) mass is 369 g/mol. The van der Waals surface area contributed by atoms with Crippen LogP contribution in [0.4, 0.5) is 5.00 Å². The van der Waals surface area contributed by atoms with Gasteiger partial charge in [-0.25, -0.2) is 4.79 Å². The van der Waals surface area contributed by atoms with Crippen LogP contribution in [0.25, 0.3) is 0 Å². The first-order valence-corrected chi connectivity index (χ1v) is 9.03. The van der Waals surface area contributed by atoms with Crippen LogP contribution < -0.4 is 5.32 Å². The minimum Gasteiger partial charge on any atom is -0.462 e. The lowest BCUT2D eigenvalue weighted by Gasteiger charge is -2.05. The first-order valence-electron chi connectivity index (χ1n) is 8.22. The van der Waals surface area contributed by atoms with Crippen LogP contribution >= 0.6 is 11.3 Å². The van der Waals surface area contributed by atoms with E-state index in [1.54, 1.807) is 31.3 Å². The van der Waals surface area contributed by atoms with Crippen molar-refractivity contribution >= 4 is 28.2 Å². The van der Waals surface area contributed by atoms with Gasteiger partial charge in [-0.2, -0.15) is 5.10 Å². The molecule has 1 aromatic carbocycles. The number of aryl methyl sites for hydroxylation is 1. The third-order valence-corrected chi connectivity index (χ3v) is 4.87. The van der Waals surface area contributed by atoms with Crippen LogP contribution in [0.15, 0.2) is 48.8 Å². The molecule has 0 unspecified atom stereocenters. The Morgan fingerprint density at radius 1 is 1.27 bits per heavy atom. The molecule has 0 atom stereocenters. The van der Waals surface area contributed by atoms with Crippen LogP contribution in [0.2, 0.25) is 0 Å². The van der Waals surface area contributed by atoms with Gasteiger partial charge in [0.25, 0.3) is 5.91 Å². The molecule has 1 N–H and O–H groups in total. The summed E-state index contributed by atoms with van der Waals surface area (Å²) in [6.45, 7) is 4.56. The summed E-state index contributed by atoms with van der Waals surface area (Å²) in [4.78, 5) is 24.8. The van der Waals surface area contributed by atoms with E-state index in [1.165, 1.54) is 11.3 Å². The van der Waals surface area contributed by atoms with Crippen LogP contribution in [0.5, 0.6) is 0 Å². The number of carbonyl (C=O) groups is 2. The van der Waals surface area contributed by atoms with Crippen molar-refractivity contribution in [2.24, 2.45) is 0 Å². The summed E-state index contributed by atoms with van der Waals surface area (Å²) >= 11 is 1.22. The van der Waals surface area contributed by atoms with Gasteiger partial charge in [0.2, 0.25) is 0 Å². The van der Waals surface area contributed by atoms with Gasteiger partial charge < -0.3 is 10.1 Å². The molecule has 6 nitrogen and oxygen atoms in total. The van der Waals surface area contributed by atoms with Gasteiger partial charge in [-0.1, -0.05) is 12.1 Å². The summed E-state index contributed by atoms with van der Waals surface area (Å²) in [6, 6.07) is 11.0. The number of hydrogen-bond acceptors (Lipinski definition) is 5. The predicted octanol–water partition coefficient (Wildman–Crippen LogP) is 3.73. The van der Waals surface area contributed by atoms with Gasteiger partial charge in [0.05, 0.1) is 18.2 Å². The van der Waals surface area contributed by atoms with E-state index >= 15 is 0 Å². The minimum absolute atomic E-state index is 0.215. The number of rotatable bonds is 6. The minimum atomic E-state index is -0.363. The summed E-state index contributed by atoms with van der Waals surface area (Å²) < 4.78 is 6.84. The van der Waals surface area contributed by atoms with E-state index in [2.05, 4.69) is 10.4 Å². The third-order valence-electron chi connectivity index (χ3n) is 3.74. The van der Waals surface area contributed by atoms with Crippen molar-refractivity contribution in [2.75, 3.05) is 11.9 Å². The molecule has 0 aliphatic rings. The van der Waals surface area contributed by atoms with Gasteiger partial charge in [-0.3, -0.25) is 9.48 Å². The lowest BCUT2D eigenvalue weighted by molar-refractivity contribution is 0.0531. The Hall–Kier alpha value is -2.93. The summed E-state index contributed by atoms with van der Waals surface area (Å²) in [6.07, 6.45) is 3.62. The maximum atomic E-state index is 12.4. The van der Waals surface area contributed by atoms with Gasteiger partial charge in [0.15, 0.2) is 0 Å². The smallest absolute Gasteiger partial charge is 0.348 e. The number of nitrogens with zero attached hydrogens (tertiary/aromatic N) is 2. The second-order valence-electron chi connectivity index (χ2n) is 5.70. The Labute approximate surface area is 155 Å². The van der Waals surface area contributed by atoms with Crippen molar-refractivity contribution in [3.05, 3.63) is 70.4 Å². The molecule has 26 heavy (non-hydrogen) atoms. The molecule has 0 radical (unpaired) electrons. The number of benzene rings is 1. The van der Waals surface area contributed by atoms with E-state index in [4.69, 9.17) is 4.74 Å². The number of ether oxygens (including phenoxy) is 1. The molecule has 0 spiro atoms. The van der Waals surface area contributed by atoms with Gasteiger partial charge >= 0.3 is 5.97 Å². The average Bonchev–Trinajstić information content (AvgIpc) is 3.25. The fourth-order valence-corrected chi connectivity index (χ4v) is 3.43. The van der Waals surface area contributed by atoms with E-state index < -0.39 is 0 Å². The maximum Gasteiger partial charge on any atom is 0.348 e. The topological polar surface area (TPSA) is 73.2 Å². The van der Waals surface area contributed by atoms with Crippen LogP contribution in [0.3, 0.4) is 0 Å². The van der Waals surface area contributed by atoms with Crippen molar-refractivity contribution < 1.29 is 14.3 Å². The van der Waals surface area contributed by atoms with E-state index in [9.17, 15) is 9.59 Å². The van der Waals surface area contributed by atoms with Crippen LogP contribution in [-0.4, -0.2) is 28.3 Å². The van der Waals surface area contributed by atoms with Crippen molar-refractivity contribution in [1.82, 2.24) is 9.78 Å². The van der Waals surface area contributed by atoms with Gasteiger partial charge in [-0.15, -0.1) is 11.3 Å². The SMILES string of the molecule is CCOC(=O)c1sc(NC(=O)c2ccc(Cn3cccn3)cc2)cc1C. The van der Waals surface area contributed by atoms with Crippen molar-refractivity contribution in [3.8, 4) is 0 Å². The third kappa shape index (κ3) is 4.18. The van der Waals surface area contributed by atoms with Gasteiger partial charge in [0.1, 0.15) is 4.88 Å². The Morgan fingerprint density at radius 2 is 2.04 bits per heavy atom. The van der Waals surface area contributed by atoms with Crippen LogP contribution in [-0.2, 0) is 11.3 Å². The molecule has 0 bridgehead atoms. The van der Waals surface area contributed by atoms with Crippen molar-refractivity contribution in [1.29, 1.82) is 0 Å². The zero-order valence-corrected chi connectivity index (χ0v) is 15.4. The lowest BCUT2D eigenvalue weighted by atomic mass is 10.1. The highest BCUT2D eigenvalue weighted by atomic mass is 32.1. The van der Waals surface area contributed by atoms with Crippen molar-refractivity contribution in [3.63, 3.8) is 0 Å². The van der Waals surface area contributed by atoms with Gasteiger partial charge in [-0.05, 0) is 49.2 Å². The van der Waals surface area contributed by atoms with E-state index in [-0.39, 0.29) is 11.9 Å². The summed E-state index contributed by atoms with van der Waals surface area (Å²) in [5, 5.41) is 7.62. The highest BCUT2D eigenvalue weighted by Gasteiger charge is 2.16. The van der Waals surface area contributed by atoms with Crippen molar-refractivity contribution in [2.45, 2.75) is 20.4 Å². The molecular weight excluding hydrogens is 350 g/mol. The molecule has 0 aliphatic heterocycles. The highest BCUT2D eigenvalue weighted by molar-refractivity contribution is 7.18. The van der Waals surface area contributed by atoms with Crippen LogP contribution in [0.1, 0.15) is 38.1 Å². The number of thiophene rings is 1. The fraction of sp³-hybridized carbons (Fsp3) is 0.211. The quantitative estimate of drug-likeness (QED) is 0.672. The molecular formula is C19H19N3O3S. The fourth-order valence-electron chi connectivity index (χ4n) is 2.47. The van der Waals surface area contributed by atoms with E-state index in [1.807, 2.05) is 36.0 Å². The first-order chi connectivity index (χ1) is 12.6. The van der Waals surface area contributed by atoms with E-state index in [0.717, 1.165) is 11.1 Å². The predicted molar refractivity (Wildman–Crippen MR) is 101 cm³/mol.